The molecule has 84 valence electrons. The summed E-state index contributed by atoms with van der Waals surface area (Å²) in [5.41, 5.74) is 0. The standard InChI is InChI=1S/C10H16N2O3/c1-11-8(4-5-9(13)14)6-12(10(11)15)7-2-3-7/h7-8H,2-6H2,1H3,(H,13,14). The fourth-order valence-electron chi connectivity index (χ4n) is 2.05. The van der Waals surface area contributed by atoms with E-state index in [1.54, 1.807) is 11.9 Å². The molecule has 0 spiro atoms. The Morgan fingerprint density at radius 1 is 1.53 bits per heavy atom. The minimum absolute atomic E-state index is 0.0629. The fourth-order valence-corrected chi connectivity index (χ4v) is 2.05. The van der Waals surface area contributed by atoms with Gasteiger partial charge in [-0.05, 0) is 19.3 Å². The third kappa shape index (κ3) is 2.06. The van der Waals surface area contributed by atoms with Crippen LogP contribution in [-0.4, -0.2) is 52.6 Å². The molecular formula is C10H16N2O3. The fraction of sp³-hybridized carbons (Fsp3) is 0.800. The number of hydrogen-bond acceptors (Lipinski definition) is 2. The molecule has 1 unspecified atom stereocenters. The maximum absolute atomic E-state index is 11.7. The van der Waals surface area contributed by atoms with Crippen molar-refractivity contribution in [1.82, 2.24) is 9.80 Å². The second kappa shape index (κ2) is 3.72. The van der Waals surface area contributed by atoms with Crippen LogP contribution in [0, 0.1) is 0 Å². The molecule has 1 aliphatic heterocycles. The number of rotatable bonds is 4. The average molecular weight is 212 g/mol. The molecule has 5 heteroatoms. The van der Waals surface area contributed by atoms with Crippen LogP contribution in [0.5, 0.6) is 0 Å². The first-order chi connectivity index (χ1) is 7.09. The van der Waals surface area contributed by atoms with Gasteiger partial charge < -0.3 is 14.9 Å². The van der Waals surface area contributed by atoms with Crippen LogP contribution in [0.1, 0.15) is 25.7 Å². The minimum Gasteiger partial charge on any atom is -0.481 e. The van der Waals surface area contributed by atoms with E-state index in [1.165, 1.54) is 0 Å². The van der Waals surface area contributed by atoms with Crippen LogP contribution in [0.3, 0.4) is 0 Å². The lowest BCUT2D eigenvalue weighted by Crippen LogP contribution is -2.32. The van der Waals surface area contributed by atoms with E-state index in [4.69, 9.17) is 5.11 Å². The quantitative estimate of drug-likeness (QED) is 0.748. The second-order valence-electron chi connectivity index (χ2n) is 4.36. The highest BCUT2D eigenvalue weighted by Gasteiger charge is 2.42. The van der Waals surface area contributed by atoms with E-state index in [-0.39, 0.29) is 18.5 Å². The average Bonchev–Trinajstić information content (AvgIpc) is 2.96. The number of carbonyl (C=O) groups is 2. The molecule has 0 aromatic carbocycles. The van der Waals surface area contributed by atoms with Gasteiger partial charge in [-0.15, -0.1) is 0 Å². The molecule has 2 fully saturated rings. The molecule has 2 rings (SSSR count). The Kier molecular flexibility index (Phi) is 2.54. The summed E-state index contributed by atoms with van der Waals surface area (Å²) in [7, 11) is 1.76. The SMILES string of the molecule is CN1C(=O)N(C2CC2)CC1CCC(=O)O. The number of hydrogen-bond donors (Lipinski definition) is 1. The molecule has 0 radical (unpaired) electrons. The van der Waals surface area contributed by atoms with Crippen LogP contribution in [-0.2, 0) is 4.79 Å². The highest BCUT2D eigenvalue weighted by molar-refractivity contribution is 5.77. The zero-order chi connectivity index (χ0) is 11.0. The van der Waals surface area contributed by atoms with Gasteiger partial charge in [-0.3, -0.25) is 4.79 Å². The summed E-state index contributed by atoms with van der Waals surface area (Å²) in [6.45, 7) is 0.702. The van der Waals surface area contributed by atoms with E-state index in [1.807, 2.05) is 4.90 Å². The Morgan fingerprint density at radius 2 is 2.20 bits per heavy atom. The van der Waals surface area contributed by atoms with Crippen molar-refractivity contribution in [3.63, 3.8) is 0 Å². The van der Waals surface area contributed by atoms with Crippen molar-refractivity contribution >= 4 is 12.0 Å². The zero-order valence-corrected chi connectivity index (χ0v) is 8.85. The third-order valence-corrected chi connectivity index (χ3v) is 3.18. The van der Waals surface area contributed by atoms with E-state index in [0.29, 0.717) is 19.0 Å². The molecule has 0 bridgehead atoms. The van der Waals surface area contributed by atoms with Crippen molar-refractivity contribution in [3.05, 3.63) is 0 Å². The molecule has 0 aromatic rings. The van der Waals surface area contributed by atoms with Crippen molar-refractivity contribution in [2.24, 2.45) is 0 Å². The predicted molar refractivity (Wildman–Crippen MR) is 53.5 cm³/mol. The molecule has 1 aliphatic carbocycles. The van der Waals surface area contributed by atoms with E-state index >= 15 is 0 Å². The highest BCUT2D eigenvalue weighted by Crippen LogP contribution is 2.32. The maximum atomic E-state index is 11.7. The highest BCUT2D eigenvalue weighted by atomic mass is 16.4. The van der Waals surface area contributed by atoms with E-state index < -0.39 is 5.97 Å². The summed E-state index contributed by atoms with van der Waals surface area (Å²) < 4.78 is 0. The predicted octanol–water partition coefficient (Wildman–Crippen LogP) is 0.750. The molecule has 2 amide bonds. The Balaban J connectivity index is 1.90. The Bertz CT molecular complexity index is 288. The Morgan fingerprint density at radius 3 is 2.73 bits per heavy atom. The number of amides is 2. The summed E-state index contributed by atoms with van der Waals surface area (Å²) >= 11 is 0. The van der Waals surface area contributed by atoms with Gasteiger partial charge in [0.15, 0.2) is 0 Å². The monoisotopic (exact) mass is 212 g/mol. The summed E-state index contributed by atoms with van der Waals surface area (Å²) in [5.74, 6) is -0.791. The van der Waals surface area contributed by atoms with Crippen LogP contribution in [0.25, 0.3) is 0 Å². The van der Waals surface area contributed by atoms with E-state index in [0.717, 1.165) is 12.8 Å². The number of aliphatic carboxylic acids is 1. The largest absolute Gasteiger partial charge is 0.481 e. The molecule has 0 aromatic heterocycles. The van der Waals surface area contributed by atoms with E-state index in [9.17, 15) is 9.59 Å². The molecule has 1 N–H and O–H groups in total. The molecule has 2 aliphatic rings. The number of carboxylic acids is 1. The van der Waals surface area contributed by atoms with Crippen molar-refractivity contribution in [2.75, 3.05) is 13.6 Å². The van der Waals surface area contributed by atoms with Crippen LogP contribution in [0.2, 0.25) is 0 Å². The molecule has 1 atom stereocenters. The van der Waals surface area contributed by atoms with Gasteiger partial charge in [0.05, 0.1) is 6.04 Å². The first-order valence-electron chi connectivity index (χ1n) is 5.35. The van der Waals surface area contributed by atoms with Gasteiger partial charge >= 0.3 is 12.0 Å². The van der Waals surface area contributed by atoms with Crippen molar-refractivity contribution in [1.29, 1.82) is 0 Å². The second-order valence-corrected chi connectivity index (χ2v) is 4.36. The Labute approximate surface area is 88.6 Å². The van der Waals surface area contributed by atoms with Crippen LogP contribution in [0.15, 0.2) is 0 Å². The smallest absolute Gasteiger partial charge is 0.320 e. The van der Waals surface area contributed by atoms with Crippen LogP contribution >= 0.6 is 0 Å². The van der Waals surface area contributed by atoms with Crippen LogP contribution in [0.4, 0.5) is 4.79 Å². The number of carboxylic acid groups (broad SMARTS) is 1. The van der Waals surface area contributed by atoms with Crippen molar-refractivity contribution in [3.8, 4) is 0 Å². The maximum Gasteiger partial charge on any atom is 0.320 e. The van der Waals surface area contributed by atoms with Gasteiger partial charge in [-0.25, -0.2) is 4.79 Å². The van der Waals surface area contributed by atoms with Crippen molar-refractivity contribution < 1.29 is 14.7 Å². The normalized spacial score (nSPS) is 26.2. The molecule has 1 saturated carbocycles. The minimum atomic E-state index is -0.791. The topological polar surface area (TPSA) is 60.9 Å². The van der Waals surface area contributed by atoms with Gasteiger partial charge in [0.25, 0.3) is 0 Å². The lowest BCUT2D eigenvalue weighted by molar-refractivity contribution is -0.137. The lowest BCUT2D eigenvalue weighted by Gasteiger charge is -2.16. The number of carbonyl (C=O) groups excluding carboxylic acids is 1. The lowest BCUT2D eigenvalue weighted by atomic mass is 10.1. The summed E-state index contributed by atoms with van der Waals surface area (Å²) in [5, 5.41) is 8.60. The number of nitrogens with zero attached hydrogens (tertiary/aromatic N) is 2. The first kappa shape index (κ1) is 10.3. The van der Waals surface area contributed by atoms with Crippen LogP contribution < -0.4 is 0 Å². The van der Waals surface area contributed by atoms with E-state index in [2.05, 4.69) is 0 Å². The molecule has 5 nitrogen and oxygen atoms in total. The van der Waals surface area contributed by atoms with Gasteiger partial charge in [-0.1, -0.05) is 0 Å². The summed E-state index contributed by atoms with van der Waals surface area (Å²) in [6.07, 6.45) is 2.90. The molecule has 1 heterocycles. The van der Waals surface area contributed by atoms with Gasteiger partial charge in [0, 0.05) is 26.1 Å². The van der Waals surface area contributed by atoms with Gasteiger partial charge in [0.1, 0.15) is 0 Å². The number of urea groups is 1. The first-order valence-corrected chi connectivity index (χ1v) is 5.35. The zero-order valence-electron chi connectivity index (χ0n) is 8.85. The number of likely N-dealkylation sites (N-methyl/N-ethyl adjacent to an activating group) is 1. The summed E-state index contributed by atoms with van der Waals surface area (Å²) in [6, 6.07) is 0.567. The molecular weight excluding hydrogens is 196 g/mol. The molecule has 15 heavy (non-hydrogen) atoms. The Hall–Kier alpha value is -1.26. The van der Waals surface area contributed by atoms with Gasteiger partial charge in [-0.2, -0.15) is 0 Å². The molecule has 1 saturated heterocycles. The van der Waals surface area contributed by atoms with Crippen molar-refractivity contribution in [2.45, 2.75) is 37.8 Å². The van der Waals surface area contributed by atoms with Gasteiger partial charge in [0.2, 0.25) is 0 Å². The summed E-state index contributed by atoms with van der Waals surface area (Å²) in [4.78, 5) is 25.8. The third-order valence-electron chi connectivity index (χ3n) is 3.18.